The van der Waals surface area contributed by atoms with E-state index in [1.54, 1.807) is 24.3 Å². The molecule has 6 atom stereocenters. The van der Waals surface area contributed by atoms with Gasteiger partial charge in [0.1, 0.15) is 18.8 Å². The number of carbonyl (C=O) groups excluding carboxylic acids is 4. The number of rotatable bonds is 31. The summed E-state index contributed by atoms with van der Waals surface area (Å²) in [5.74, 6) is -0.0708. The zero-order chi connectivity index (χ0) is 53.7. The lowest BCUT2D eigenvalue weighted by molar-refractivity contribution is -0.137. The summed E-state index contributed by atoms with van der Waals surface area (Å²) in [5.41, 5.74) is -3.41. The Balaban J connectivity index is 1.61. The first-order valence-electron chi connectivity index (χ1n) is 26.6. The molecule has 15 nitrogen and oxygen atoms in total. The Kier molecular flexibility index (Phi) is 24.4. The fraction of sp³-hybridized carbons (Fsp3) is 0.789. The van der Waals surface area contributed by atoms with Gasteiger partial charge in [0.15, 0.2) is 0 Å². The molecule has 3 rings (SSSR count). The highest BCUT2D eigenvalue weighted by Gasteiger charge is 2.52. The summed E-state index contributed by atoms with van der Waals surface area (Å²) in [5, 5.41) is 12.7. The second-order valence-electron chi connectivity index (χ2n) is 24.6. The van der Waals surface area contributed by atoms with Crippen LogP contribution in [0.3, 0.4) is 0 Å². The van der Waals surface area contributed by atoms with Gasteiger partial charge in [0.05, 0.1) is 63.7 Å². The molecule has 4 N–H and O–H groups in total. The molecule has 15 heteroatoms. The molecule has 412 valence electrons. The average molecular weight is 1020 g/mol. The van der Waals surface area contributed by atoms with Crippen LogP contribution in [0.2, 0.25) is 0 Å². The summed E-state index contributed by atoms with van der Waals surface area (Å²) in [6, 6.07) is -0.311. The Bertz CT molecular complexity index is 1630. The van der Waals surface area contributed by atoms with E-state index in [1.807, 2.05) is 20.8 Å². The normalized spacial score (nSPS) is 27.0. The van der Waals surface area contributed by atoms with Gasteiger partial charge in [-0.15, -0.1) is 26.3 Å². The van der Waals surface area contributed by atoms with E-state index >= 15 is 0 Å². The number of carbonyl (C=O) groups is 4. The second-order valence-corrected chi connectivity index (χ2v) is 24.6. The van der Waals surface area contributed by atoms with E-state index < -0.39 is 40.1 Å². The molecular weight excluding hydrogens is 917 g/mol. The van der Waals surface area contributed by atoms with Crippen LogP contribution >= 0.6 is 0 Å². The highest BCUT2D eigenvalue weighted by atomic mass is 16.6. The molecule has 4 amide bonds. The first-order chi connectivity index (χ1) is 33.8. The summed E-state index contributed by atoms with van der Waals surface area (Å²) in [6.07, 6.45) is 14.6. The minimum atomic E-state index is -0.887. The van der Waals surface area contributed by atoms with Crippen LogP contribution in [0.4, 0.5) is 14.4 Å². The molecule has 0 bridgehead atoms. The molecule has 0 aromatic heterocycles. The third-order valence-electron chi connectivity index (χ3n) is 15.8. The fourth-order valence-corrected chi connectivity index (χ4v) is 12.2. The fourth-order valence-electron chi connectivity index (χ4n) is 12.2. The zero-order valence-electron chi connectivity index (χ0n) is 46.5. The van der Waals surface area contributed by atoms with E-state index in [2.05, 4.69) is 96.0 Å². The second kappa shape index (κ2) is 28.1. The minimum Gasteiger partial charge on any atom is -0.449 e. The van der Waals surface area contributed by atoms with Crippen molar-refractivity contribution in [2.45, 2.75) is 170 Å². The average Bonchev–Trinajstić information content (AvgIpc) is 3.28. The van der Waals surface area contributed by atoms with E-state index in [9.17, 15) is 19.2 Å². The Morgan fingerprint density at radius 3 is 1.32 bits per heavy atom. The summed E-state index contributed by atoms with van der Waals surface area (Å²) < 4.78 is 41.2. The minimum absolute atomic E-state index is 0.0708. The molecular formula is C57H98N4O11. The predicted molar refractivity (Wildman–Crippen MR) is 285 cm³/mol. The van der Waals surface area contributed by atoms with Gasteiger partial charge in [-0.3, -0.25) is 4.79 Å². The van der Waals surface area contributed by atoms with Crippen molar-refractivity contribution in [3.63, 3.8) is 0 Å². The predicted octanol–water partition coefficient (Wildman–Crippen LogP) is 10.8. The van der Waals surface area contributed by atoms with Crippen molar-refractivity contribution in [3.8, 4) is 0 Å². The van der Waals surface area contributed by atoms with E-state index in [4.69, 9.17) is 33.2 Å². The smallest absolute Gasteiger partial charge is 0.407 e. The van der Waals surface area contributed by atoms with Crippen molar-refractivity contribution in [1.82, 2.24) is 21.3 Å². The van der Waals surface area contributed by atoms with Crippen molar-refractivity contribution in [2.75, 3.05) is 79.2 Å². The van der Waals surface area contributed by atoms with Gasteiger partial charge in [-0.2, -0.15) is 0 Å². The van der Waals surface area contributed by atoms with E-state index in [-0.39, 0.29) is 59.3 Å². The summed E-state index contributed by atoms with van der Waals surface area (Å²) in [4.78, 5) is 54.6. The van der Waals surface area contributed by atoms with Gasteiger partial charge >= 0.3 is 18.3 Å². The van der Waals surface area contributed by atoms with Crippen LogP contribution in [0.1, 0.15) is 153 Å². The van der Waals surface area contributed by atoms with Crippen LogP contribution in [-0.4, -0.2) is 121 Å². The number of nitrogens with one attached hydrogen (secondary N) is 4. The SMILES string of the molecule is C=CCOCC(CC)(COCC=C)COC(=O)NCC1(C)CC(NC(=O)CC2(C)CCCCC2(C)OC(=O)NC2CC(C)(C)CC(C)(CNC(=O)OCC(CC)(COCC=C)COCC=C)C2)CC(C)(C)C1. The van der Waals surface area contributed by atoms with Gasteiger partial charge in [-0.05, 0) is 99.2 Å². The summed E-state index contributed by atoms with van der Waals surface area (Å²) in [6.45, 7) is 40.1. The quantitative estimate of drug-likeness (QED) is 0.0295. The topological polar surface area (TPSA) is 181 Å². The van der Waals surface area contributed by atoms with Crippen LogP contribution in [0.5, 0.6) is 0 Å². The van der Waals surface area contributed by atoms with Crippen LogP contribution in [-0.2, 0) is 38.0 Å². The lowest BCUT2D eigenvalue weighted by Gasteiger charge is -2.50. The van der Waals surface area contributed by atoms with Crippen LogP contribution in [0.15, 0.2) is 50.6 Å². The standard InChI is InChI=1S/C57H98N4O11/c1-15-25-66-38-56(19-5,39-67-26-16-2)42-70-47(63)58-36-52(11)31-44(29-50(7,8)34-52)60-46(62)33-54(13)23-21-22-24-55(54,14)72-49(65)61-45-30-51(9,10)35-53(12,32-45)37-59-48(64)71-43-57(20-6,40-68-27-17-3)41-69-28-18-4/h15-18,44-45H,1-4,19-43H2,5-14H3,(H,58,63)(H,59,64)(H,60,62)(H,61,65). The van der Waals surface area contributed by atoms with E-state index in [1.165, 1.54) is 0 Å². The van der Waals surface area contributed by atoms with Crippen LogP contribution in [0.25, 0.3) is 0 Å². The number of ether oxygens (including phenoxy) is 7. The zero-order valence-corrected chi connectivity index (χ0v) is 46.5. The van der Waals surface area contributed by atoms with Gasteiger partial charge in [-0.25, -0.2) is 14.4 Å². The van der Waals surface area contributed by atoms with Crippen molar-refractivity contribution in [3.05, 3.63) is 50.6 Å². The van der Waals surface area contributed by atoms with Crippen molar-refractivity contribution in [1.29, 1.82) is 0 Å². The molecule has 0 aliphatic heterocycles. The monoisotopic (exact) mass is 1010 g/mol. The Hall–Kier alpha value is -3.92. The molecule has 3 saturated carbocycles. The van der Waals surface area contributed by atoms with Gasteiger partial charge in [0, 0.05) is 37.0 Å². The third-order valence-corrected chi connectivity index (χ3v) is 15.8. The summed E-state index contributed by atoms with van der Waals surface area (Å²) in [7, 11) is 0. The Morgan fingerprint density at radius 1 is 0.542 bits per heavy atom. The maximum absolute atomic E-state index is 14.2. The summed E-state index contributed by atoms with van der Waals surface area (Å²) >= 11 is 0. The van der Waals surface area contributed by atoms with Gasteiger partial charge in [0.2, 0.25) is 5.91 Å². The highest BCUT2D eigenvalue weighted by Crippen LogP contribution is 2.51. The molecule has 0 spiro atoms. The van der Waals surface area contributed by atoms with Crippen molar-refractivity contribution in [2.24, 2.45) is 37.9 Å². The third kappa shape index (κ3) is 20.1. The lowest BCUT2D eigenvalue weighted by atomic mass is 9.62. The maximum Gasteiger partial charge on any atom is 0.407 e. The molecule has 0 aromatic rings. The van der Waals surface area contributed by atoms with Crippen molar-refractivity contribution >= 4 is 24.2 Å². The molecule has 3 aliphatic carbocycles. The van der Waals surface area contributed by atoms with E-state index in [0.29, 0.717) is 98.0 Å². The number of amides is 4. The van der Waals surface area contributed by atoms with Crippen LogP contribution < -0.4 is 21.3 Å². The first kappa shape index (κ1) is 62.4. The molecule has 72 heavy (non-hydrogen) atoms. The first-order valence-corrected chi connectivity index (χ1v) is 26.6. The molecule has 6 unspecified atom stereocenters. The molecule has 0 radical (unpaired) electrons. The molecule has 0 aromatic carbocycles. The number of alkyl carbamates (subject to hydrolysis) is 3. The Labute approximate surface area is 434 Å². The molecule has 0 heterocycles. The number of hydrogen-bond acceptors (Lipinski definition) is 11. The van der Waals surface area contributed by atoms with E-state index in [0.717, 1.165) is 44.9 Å². The van der Waals surface area contributed by atoms with Gasteiger partial charge in [-0.1, -0.05) is 93.0 Å². The van der Waals surface area contributed by atoms with Crippen molar-refractivity contribution < 1.29 is 52.3 Å². The Morgan fingerprint density at radius 2 is 0.931 bits per heavy atom. The lowest BCUT2D eigenvalue weighted by Crippen LogP contribution is -2.56. The van der Waals surface area contributed by atoms with Crippen LogP contribution in [0, 0.1) is 37.9 Å². The number of hydrogen-bond donors (Lipinski definition) is 4. The van der Waals surface area contributed by atoms with Gasteiger partial charge < -0.3 is 54.4 Å². The highest BCUT2D eigenvalue weighted by molar-refractivity contribution is 5.77. The molecule has 0 saturated heterocycles. The van der Waals surface area contributed by atoms with Gasteiger partial charge in [0.25, 0.3) is 0 Å². The maximum atomic E-state index is 14.2. The molecule has 3 fully saturated rings. The molecule has 3 aliphatic rings. The largest absolute Gasteiger partial charge is 0.449 e.